The summed E-state index contributed by atoms with van der Waals surface area (Å²) in [4.78, 5) is -3.00. The van der Waals surface area contributed by atoms with Crippen LogP contribution in [0.15, 0.2) is 108 Å². The zero-order valence-corrected chi connectivity index (χ0v) is 22.2. The molecule has 4 rings (SSSR count). The monoisotopic (exact) mass is 590 g/mol. The summed E-state index contributed by atoms with van der Waals surface area (Å²) in [5.74, 6) is 0. The van der Waals surface area contributed by atoms with Crippen LogP contribution in [0, 0.1) is 6.92 Å². The van der Waals surface area contributed by atoms with Crippen LogP contribution in [0.5, 0.6) is 0 Å². The van der Waals surface area contributed by atoms with Crippen LogP contribution in [-0.2, 0) is 30.4 Å². The van der Waals surface area contributed by atoms with Gasteiger partial charge in [-0.2, -0.15) is 45.7 Å². The van der Waals surface area contributed by atoms with Gasteiger partial charge in [0.1, 0.15) is 9.79 Å². The van der Waals surface area contributed by atoms with Crippen molar-refractivity contribution in [3.05, 3.63) is 78.4 Å². The van der Waals surface area contributed by atoms with Crippen molar-refractivity contribution in [3.63, 3.8) is 0 Å². The predicted molar refractivity (Wildman–Crippen MR) is 139 cm³/mol. The fourth-order valence-electron chi connectivity index (χ4n) is 3.42. The van der Waals surface area contributed by atoms with E-state index >= 15 is 0 Å². The predicted octanol–water partition coefficient (Wildman–Crippen LogP) is 5.72. The molecule has 39 heavy (non-hydrogen) atoms. The Labute approximate surface area is 222 Å². The van der Waals surface area contributed by atoms with Crippen molar-refractivity contribution in [1.29, 1.82) is 0 Å². The minimum Gasteiger partial charge on any atom is -0.282 e. The number of hydrogen-bond acceptors (Lipinski definition) is 10. The van der Waals surface area contributed by atoms with Gasteiger partial charge in [-0.1, -0.05) is 17.7 Å². The van der Waals surface area contributed by atoms with Crippen molar-refractivity contribution in [3.8, 4) is 0 Å². The summed E-state index contributed by atoms with van der Waals surface area (Å²) in [6, 6.07) is 16.5. The molecule has 13 nitrogen and oxygen atoms in total. The summed E-state index contributed by atoms with van der Waals surface area (Å²) >= 11 is 0. The Morgan fingerprint density at radius 1 is 0.487 bits per heavy atom. The smallest absolute Gasteiger partial charge is 0.282 e. The number of benzene rings is 4. The first kappa shape index (κ1) is 28.1. The maximum absolute atomic E-state index is 12.1. The molecule has 0 unspecified atom stereocenters. The molecule has 0 aliphatic rings. The van der Waals surface area contributed by atoms with Gasteiger partial charge in [0, 0.05) is 10.8 Å². The number of nitrogens with zero attached hydrogens (tertiary/aromatic N) is 4. The van der Waals surface area contributed by atoms with E-state index < -0.39 is 55.8 Å². The van der Waals surface area contributed by atoms with Crippen LogP contribution in [0.2, 0.25) is 0 Å². The Bertz CT molecular complexity index is 1970. The van der Waals surface area contributed by atoms with Crippen LogP contribution in [0.3, 0.4) is 0 Å². The van der Waals surface area contributed by atoms with Gasteiger partial charge in [-0.05, 0) is 67.6 Å². The fourth-order valence-corrected chi connectivity index (χ4v) is 5.46. The second-order valence-corrected chi connectivity index (χ2v) is 12.3. The standard InChI is InChI=1S/C23H18N4O9S3/c1-14-2-4-15(5-3-14)24-25-16-6-8-17(9-7-16)26-27-18-10-20-21(22(11-18)38(31,32)33)12-19(37(28,29)30)13-23(20)39(34,35)36/h2-13H,1H3,(H,28,29,30)(H,31,32,33)(H,34,35,36). The number of fused-ring (bicyclic) bond motifs is 1. The molecule has 202 valence electrons. The van der Waals surface area contributed by atoms with Gasteiger partial charge in [-0.3, -0.25) is 13.7 Å². The van der Waals surface area contributed by atoms with Gasteiger partial charge in [0.25, 0.3) is 30.4 Å². The molecule has 0 aliphatic carbocycles. The van der Waals surface area contributed by atoms with E-state index in [1.165, 1.54) is 12.1 Å². The quantitative estimate of drug-likeness (QED) is 0.177. The third-order valence-electron chi connectivity index (χ3n) is 5.25. The van der Waals surface area contributed by atoms with Crippen molar-refractivity contribution >= 4 is 63.9 Å². The normalized spacial score (nSPS) is 13.0. The SMILES string of the molecule is Cc1ccc(N=Nc2ccc(N=Nc3cc(S(=O)(=O)O)c4cc(S(=O)(=O)O)cc(S(=O)(=O)O)c4c3)cc2)cc1. The molecular weight excluding hydrogens is 572 g/mol. The Morgan fingerprint density at radius 3 is 1.31 bits per heavy atom. The van der Waals surface area contributed by atoms with Gasteiger partial charge in [-0.15, -0.1) is 0 Å². The lowest BCUT2D eigenvalue weighted by molar-refractivity contribution is 0.478. The minimum absolute atomic E-state index is 0.261. The van der Waals surface area contributed by atoms with Crippen molar-refractivity contribution in [2.24, 2.45) is 20.5 Å². The lowest BCUT2D eigenvalue weighted by Crippen LogP contribution is -2.07. The highest BCUT2D eigenvalue weighted by atomic mass is 32.2. The molecule has 0 saturated heterocycles. The number of aryl methyl sites for hydroxylation is 1. The molecule has 0 aromatic heterocycles. The molecule has 0 spiro atoms. The van der Waals surface area contributed by atoms with Crippen molar-refractivity contribution in [2.45, 2.75) is 21.6 Å². The summed E-state index contributed by atoms with van der Waals surface area (Å²) in [6.07, 6.45) is 0. The van der Waals surface area contributed by atoms with Crippen LogP contribution in [0.1, 0.15) is 5.56 Å². The summed E-state index contributed by atoms with van der Waals surface area (Å²) in [5, 5.41) is 15.0. The summed E-state index contributed by atoms with van der Waals surface area (Å²) in [7, 11) is -15.2. The summed E-state index contributed by atoms with van der Waals surface area (Å²) in [6.45, 7) is 1.95. The molecule has 16 heteroatoms. The van der Waals surface area contributed by atoms with E-state index in [1.807, 2.05) is 31.2 Å². The number of hydrogen-bond donors (Lipinski definition) is 3. The average Bonchev–Trinajstić information content (AvgIpc) is 2.85. The van der Waals surface area contributed by atoms with E-state index in [-0.39, 0.29) is 11.4 Å². The second kappa shape index (κ2) is 10.3. The van der Waals surface area contributed by atoms with Gasteiger partial charge in [0.2, 0.25) is 0 Å². The molecule has 0 radical (unpaired) electrons. The number of rotatable bonds is 7. The molecule has 4 aromatic carbocycles. The third kappa shape index (κ3) is 6.75. The summed E-state index contributed by atoms with van der Waals surface area (Å²) < 4.78 is 100.0. The van der Waals surface area contributed by atoms with E-state index in [0.717, 1.165) is 17.7 Å². The van der Waals surface area contributed by atoms with E-state index in [1.54, 1.807) is 12.1 Å². The first-order valence-electron chi connectivity index (χ1n) is 10.7. The molecule has 0 fully saturated rings. The minimum atomic E-state index is -5.13. The van der Waals surface area contributed by atoms with E-state index in [2.05, 4.69) is 20.5 Å². The summed E-state index contributed by atoms with van der Waals surface area (Å²) in [5.41, 5.74) is 2.26. The lowest BCUT2D eigenvalue weighted by Gasteiger charge is -2.11. The van der Waals surface area contributed by atoms with E-state index in [0.29, 0.717) is 23.5 Å². The van der Waals surface area contributed by atoms with Crippen molar-refractivity contribution in [1.82, 2.24) is 0 Å². The van der Waals surface area contributed by atoms with Gasteiger partial charge >= 0.3 is 0 Å². The highest BCUT2D eigenvalue weighted by Crippen LogP contribution is 2.36. The van der Waals surface area contributed by atoms with E-state index in [4.69, 9.17) is 0 Å². The lowest BCUT2D eigenvalue weighted by atomic mass is 10.1. The molecule has 4 aromatic rings. The van der Waals surface area contributed by atoms with Crippen LogP contribution < -0.4 is 0 Å². The highest BCUT2D eigenvalue weighted by Gasteiger charge is 2.25. The molecule has 0 heterocycles. The highest BCUT2D eigenvalue weighted by molar-refractivity contribution is 7.87. The van der Waals surface area contributed by atoms with Crippen LogP contribution in [0.25, 0.3) is 10.8 Å². The maximum Gasteiger partial charge on any atom is 0.295 e. The molecule has 0 bridgehead atoms. The van der Waals surface area contributed by atoms with Gasteiger partial charge in [0.05, 0.1) is 27.6 Å². The van der Waals surface area contributed by atoms with E-state index in [9.17, 15) is 38.9 Å². The fraction of sp³-hybridized carbons (Fsp3) is 0.0435. The second-order valence-electron chi connectivity index (χ2n) is 8.14. The molecular formula is C23H18N4O9S3. The van der Waals surface area contributed by atoms with Gasteiger partial charge < -0.3 is 0 Å². The first-order valence-corrected chi connectivity index (χ1v) is 15.0. The van der Waals surface area contributed by atoms with Crippen LogP contribution >= 0.6 is 0 Å². The Balaban J connectivity index is 1.75. The Hall–Kier alpha value is -3.93. The third-order valence-corrected chi connectivity index (χ3v) is 7.87. The molecule has 0 saturated carbocycles. The zero-order valence-electron chi connectivity index (χ0n) is 19.7. The largest absolute Gasteiger partial charge is 0.295 e. The molecule has 3 N–H and O–H groups in total. The maximum atomic E-state index is 12.1. The first-order chi connectivity index (χ1) is 18.1. The molecule has 0 aliphatic heterocycles. The Morgan fingerprint density at radius 2 is 0.872 bits per heavy atom. The number of azo groups is 2. The Kier molecular flexibility index (Phi) is 7.44. The zero-order chi connectivity index (χ0) is 28.6. The van der Waals surface area contributed by atoms with Crippen molar-refractivity contribution < 1.29 is 38.9 Å². The van der Waals surface area contributed by atoms with Crippen LogP contribution in [0.4, 0.5) is 22.7 Å². The van der Waals surface area contributed by atoms with Gasteiger partial charge in [0.15, 0.2) is 0 Å². The topological polar surface area (TPSA) is 213 Å². The van der Waals surface area contributed by atoms with Gasteiger partial charge in [-0.25, -0.2) is 0 Å². The average molecular weight is 591 g/mol. The molecule has 0 atom stereocenters. The molecule has 0 amide bonds. The van der Waals surface area contributed by atoms with Crippen LogP contribution in [-0.4, -0.2) is 38.9 Å². The van der Waals surface area contributed by atoms with Crippen molar-refractivity contribution in [2.75, 3.05) is 0 Å².